The van der Waals surface area contributed by atoms with Gasteiger partial charge in [-0.25, -0.2) is 0 Å². The highest BCUT2D eigenvalue weighted by Crippen LogP contribution is 2.37. The zero-order valence-electron chi connectivity index (χ0n) is 16.1. The number of H-pyrrole nitrogens is 1. The summed E-state index contributed by atoms with van der Waals surface area (Å²) in [6, 6.07) is 0. The Labute approximate surface area is 177 Å². The van der Waals surface area contributed by atoms with Gasteiger partial charge in [-0.3, -0.25) is 28.7 Å². The molecule has 162 valence electrons. The molecule has 0 aromatic carbocycles. The zero-order chi connectivity index (χ0) is 22.2. The first-order chi connectivity index (χ1) is 14.1. The molecular weight excluding hydrogens is 440 g/mol. The van der Waals surface area contributed by atoms with Gasteiger partial charge < -0.3 is 24.7 Å². The van der Waals surface area contributed by atoms with Crippen LogP contribution in [0.1, 0.15) is 27.0 Å². The first-order valence-electron chi connectivity index (χ1n) is 8.62. The van der Waals surface area contributed by atoms with Gasteiger partial charge in [-0.1, -0.05) is 11.3 Å². The minimum Gasteiger partial charge on any atom is -0.463 e. The third-order valence-corrected chi connectivity index (χ3v) is 5.48. The molecule has 0 bridgehead atoms. The van der Waals surface area contributed by atoms with E-state index in [0.717, 1.165) is 11.3 Å². The minimum atomic E-state index is -1.15. The lowest BCUT2D eigenvalue weighted by Crippen LogP contribution is -2.40. The van der Waals surface area contributed by atoms with E-state index in [9.17, 15) is 19.2 Å². The summed E-state index contributed by atoms with van der Waals surface area (Å²) in [6.07, 6.45) is -4.34. The Bertz CT molecular complexity index is 1120. The molecule has 12 nitrogen and oxygen atoms in total. The maximum Gasteiger partial charge on any atom is 0.303 e. The Morgan fingerprint density at radius 3 is 2.43 bits per heavy atom. The molecule has 0 aliphatic carbocycles. The van der Waals surface area contributed by atoms with Gasteiger partial charge in [0.15, 0.2) is 28.0 Å². The minimum absolute atomic E-state index is 0.114. The normalized spacial score (nSPS) is 23.3. The molecule has 14 heteroatoms. The summed E-state index contributed by atoms with van der Waals surface area (Å²) in [5.74, 6) is -2.06. The van der Waals surface area contributed by atoms with Crippen molar-refractivity contribution in [2.45, 2.75) is 45.3 Å². The molecule has 0 spiro atoms. The number of nitrogens with one attached hydrogen (secondary N) is 1. The molecule has 3 rings (SSSR count). The van der Waals surface area contributed by atoms with Gasteiger partial charge >= 0.3 is 17.9 Å². The summed E-state index contributed by atoms with van der Waals surface area (Å²) < 4.78 is 23.3. The van der Waals surface area contributed by atoms with E-state index in [1.54, 1.807) is 0 Å². The molecular formula is C16H18N4O8S2. The van der Waals surface area contributed by atoms with Gasteiger partial charge in [0.05, 0.1) is 0 Å². The first-order valence-corrected chi connectivity index (χ1v) is 9.85. The van der Waals surface area contributed by atoms with Crippen LogP contribution in [-0.2, 0) is 33.3 Å². The van der Waals surface area contributed by atoms with Crippen molar-refractivity contribution < 1.29 is 33.3 Å². The van der Waals surface area contributed by atoms with Crippen LogP contribution in [0.3, 0.4) is 0 Å². The van der Waals surface area contributed by atoms with Crippen LogP contribution >= 0.6 is 23.6 Å². The third kappa shape index (κ3) is 4.34. The molecule has 1 aliphatic heterocycles. The number of aromatic amines is 1. The lowest BCUT2D eigenvalue weighted by molar-refractivity contribution is -0.166. The number of carbonyl (C=O) groups is 3. The maximum absolute atomic E-state index is 12.2. The molecule has 2 aromatic rings. The molecule has 0 amide bonds. The second-order valence-corrected chi connectivity index (χ2v) is 8.00. The fourth-order valence-corrected chi connectivity index (χ4v) is 4.35. The second kappa shape index (κ2) is 8.49. The number of nitrogens with two attached hydrogens (primary N) is 1. The van der Waals surface area contributed by atoms with Crippen LogP contribution in [-0.4, -0.2) is 57.4 Å². The summed E-state index contributed by atoms with van der Waals surface area (Å²) in [5.41, 5.74) is 5.27. The number of esters is 3. The van der Waals surface area contributed by atoms with Crippen molar-refractivity contribution in [3.63, 3.8) is 0 Å². The van der Waals surface area contributed by atoms with Gasteiger partial charge in [0.2, 0.25) is 5.95 Å². The van der Waals surface area contributed by atoms with E-state index in [1.165, 1.54) is 25.3 Å². The van der Waals surface area contributed by atoms with Crippen LogP contribution in [0.25, 0.3) is 10.3 Å². The first kappa shape index (κ1) is 21.9. The van der Waals surface area contributed by atoms with E-state index in [2.05, 4.69) is 9.97 Å². The Morgan fingerprint density at radius 1 is 1.20 bits per heavy atom. The maximum atomic E-state index is 12.2. The smallest absolute Gasteiger partial charge is 0.303 e. The van der Waals surface area contributed by atoms with Crippen molar-refractivity contribution in [3.8, 4) is 0 Å². The fraction of sp³-hybridized carbons (Fsp3) is 0.500. The molecule has 1 fully saturated rings. The molecule has 30 heavy (non-hydrogen) atoms. The molecule has 1 aliphatic rings. The third-order valence-electron chi connectivity index (χ3n) is 4.09. The van der Waals surface area contributed by atoms with Gasteiger partial charge in [0, 0.05) is 20.8 Å². The highest BCUT2D eigenvalue weighted by Gasteiger charge is 2.51. The number of anilines is 1. The van der Waals surface area contributed by atoms with E-state index in [1.807, 2.05) is 0 Å². The summed E-state index contributed by atoms with van der Waals surface area (Å²) in [6.45, 7) is 3.28. The van der Waals surface area contributed by atoms with E-state index in [4.69, 9.17) is 36.9 Å². The van der Waals surface area contributed by atoms with Crippen molar-refractivity contribution in [1.82, 2.24) is 14.5 Å². The molecule has 0 radical (unpaired) electrons. The van der Waals surface area contributed by atoms with E-state index in [0.29, 0.717) is 0 Å². The summed E-state index contributed by atoms with van der Waals surface area (Å²) in [7, 11) is 0. The van der Waals surface area contributed by atoms with E-state index in [-0.39, 0.29) is 26.9 Å². The molecule has 0 saturated carbocycles. The average molecular weight is 458 g/mol. The number of thiazole rings is 1. The van der Waals surface area contributed by atoms with Gasteiger partial charge in [-0.05, 0) is 12.2 Å². The molecule has 2 aromatic heterocycles. The number of hydrogen-bond donors (Lipinski definition) is 2. The SMILES string of the molecule is CC(=O)OC[C@H]1O[C@@H](n2c(=S)sc3c(=O)[nH]c(N)nc32)C(OC(C)=O)[C@@H]1OC(C)=O. The summed E-state index contributed by atoms with van der Waals surface area (Å²) in [5, 5.41) is 0. The number of carbonyl (C=O) groups excluding carboxylic acids is 3. The summed E-state index contributed by atoms with van der Waals surface area (Å²) >= 11 is 6.32. The quantitative estimate of drug-likeness (QED) is 0.362. The summed E-state index contributed by atoms with van der Waals surface area (Å²) in [4.78, 5) is 53.4. The largest absolute Gasteiger partial charge is 0.463 e. The van der Waals surface area contributed by atoms with Gasteiger partial charge in [0.1, 0.15) is 17.4 Å². The Morgan fingerprint density at radius 2 is 1.83 bits per heavy atom. The van der Waals surface area contributed by atoms with Crippen molar-refractivity contribution in [2.24, 2.45) is 0 Å². The van der Waals surface area contributed by atoms with Crippen LogP contribution in [0.15, 0.2) is 4.79 Å². The standard InChI is InChI=1S/C16H18N4O8S2/c1-5(21)25-4-8-9(26-6(2)22)10(27-7(3)23)14(28-8)20-12-11(30-16(20)29)13(24)19-15(17)18-12/h8-10,14H,4H2,1-3H3,(H3,17,18,19,24)/t8-,9-,10?,14-/m1/s1. The number of fused-ring (bicyclic) bond motifs is 1. The van der Waals surface area contributed by atoms with Gasteiger partial charge in [-0.2, -0.15) is 4.98 Å². The van der Waals surface area contributed by atoms with Gasteiger partial charge in [-0.15, -0.1) is 0 Å². The van der Waals surface area contributed by atoms with Crippen molar-refractivity contribution in [2.75, 3.05) is 12.3 Å². The Hall–Kier alpha value is -2.84. The number of aromatic nitrogens is 3. The second-order valence-electron chi connectivity index (χ2n) is 6.36. The zero-order valence-corrected chi connectivity index (χ0v) is 17.7. The number of nitrogen functional groups attached to an aromatic ring is 1. The average Bonchev–Trinajstić information content (AvgIpc) is 3.10. The highest BCUT2D eigenvalue weighted by molar-refractivity contribution is 7.73. The predicted octanol–water partition coefficient (Wildman–Crippen LogP) is 0.422. The number of hydrogen-bond acceptors (Lipinski definition) is 12. The topological polar surface area (TPSA) is 165 Å². The van der Waals surface area contributed by atoms with Crippen molar-refractivity contribution in [3.05, 3.63) is 14.3 Å². The van der Waals surface area contributed by atoms with Crippen molar-refractivity contribution >= 4 is 57.8 Å². The fourth-order valence-electron chi connectivity index (χ4n) is 3.07. The lowest BCUT2D eigenvalue weighted by Gasteiger charge is -2.23. The predicted molar refractivity (Wildman–Crippen MR) is 105 cm³/mol. The van der Waals surface area contributed by atoms with E-state index < -0.39 is 48.0 Å². The van der Waals surface area contributed by atoms with Crippen LogP contribution in [0, 0.1) is 3.95 Å². The molecule has 4 atom stereocenters. The lowest BCUT2D eigenvalue weighted by atomic mass is 10.1. The molecule has 1 unspecified atom stereocenters. The van der Waals surface area contributed by atoms with Crippen LogP contribution in [0.2, 0.25) is 0 Å². The highest BCUT2D eigenvalue weighted by atomic mass is 32.1. The number of ether oxygens (including phenoxy) is 4. The monoisotopic (exact) mass is 458 g/mol. The Kier molecular flexibility index (Phi) is 6.19. The molecule has 1 saturated heterocycles. The number of nitrogens with zero attached hydrogens (tertiary/aromatic N) is 2. The van der Waals surface area contributed by atoms with Crippen LogP contribution in [0.4, 0.5) is 5.95 Å². The van der Waals surface area contributed by atoms with Crippen LogP contribution < -0.4 is 11.3 Å². The molecule has 3 heterocycles. The Balaban J connectivity index is 2.13. The molecule has 3 N–H and O–H groups in total. The van der Waals surface area contributed by atoms with Crippen molar-refractivity contribution in [1.29, 1.82) is 0 Å². The van der Waals surface area contributed by atoms with E-state index >= 15 is 0 Å². The number of rotatable bonds is 5. The van der Waals surface area contributed by atoms with Crippen LogP contribution in [0.5, 0.6) is 0 Å². The van der Waals surface area contributed by atoms with Gasteiger partial charge in [0.25, 0.3) is 5.56 Å².